The van der Waals surface area contributed by atoms with E-state index in [0.29, 0.717) is 0 Å². The Bertz CT molecular complexity index is 528. The summed E-state index contributed by atoms with van der Waals surface area (Å²) in [5, 5.41) is 38.7. The van der Waals surface area contributed by atoms with Crippen LogP contribution >= 0.6 is 0 Å². The van der Waals surface area contributed by atoms with E-state index >= 15 is 0 Å². The predicted molar refractivity (Wildman–Crippen MR) is 74.6 cm³/mol. The van der Waals surface area contributed by atoms with Crippen LogP contribution in [0, 0.1) is 11.8 Å². The van der Waals surface area contributed by atoms with Crippen LogP contribution in [0.2, 0.25) is 0 Å². The lowest BCUT2D eigenvalue weighted by Gasteiger charge is -2.42. The van der Waals surface area contributed by atoms with Gasteiger partial charge in [-0.1, -0.05) is 5.57 Å². The average molecular weight is 328 g/mol. The summed E-state index contributed by atoms with van der Waals surface area (Å²) in [4.78, 5) is 11.9. The van der Waals surface area contributed by atoms with Crippen molar-refractivity contribution in [2.24, 2.45) is 11.8 Å². The fourth-order valence-corrected chi connectivity index (χ4v) is 3.20. The van der Waals surface area contributed by atoms with Crippen LogP contribution in [-0.2, 0) is 19.0 Å². The molecule has 0 aromatic carbocycles. The first-order chi connectivity index (χ1) is 10.9. The first-order valence-electron chi connectivity index (χ1n) is 7.44. The van der Waals surface area contributed by atoms with Crippen molar-refractivity contribution in [2.75, 3.05) is 6.61 Å². The summed E-state index contributed by atoms with van der Waals surface area (Å²) < 4.78 is 16.3. The minimum Gasteiger partial charge on any atom is -0.472 e. The van der Waals surface area contributed by atoms with E-state index < -0.39 is 49.5 Å². The highest BCUT2D eigenvalue weighted by atomic mass is 16.8. The minimum absolute atomic E-state index is 0.0468. The molecule has 1 saturated heterocycles. The number of fused-ring (bicyclic) bond motifs is 1. The lowest BCUT2D eigenvalue weighted by Crippen LogP contribution is -2.60. The summed E-state index contributed by atoms with van der Waals surface area (Å²) in [7, 11) is 0. The van der Waals surface area contributed by atoms with Gasteiger partial charge in [-0.05, 0) is 19.1 Å². The van der Waals surface area contributed by atoms with Crippen molar-refractivity contribution >= 4 is 5.78 Å². The normalized spacial score (nSPS) is 46.3. The van der Waals surface area contributed by atoms with Crippen molar-refractivity contribution < 1.29 is 39.4 Å². The summed E-state index contributed by atoms with van der Waals surface area (Å²) >= 11 is 0. The number of carbonyl (C=O) groups is 1. The van der Waals surface area contributed by atoms with Gasteiger partial charge in [0.1, 0.15) is 24.4 Å². The van der Waals surface area contributed by atoms with Gasteiger partial charge in [-0.25, -0.2) is 0 Å². The number of rotatable bonds is 3. The molecular weight excluding hydrogens is 308 g/mol. The van der Waals surface area contributed by atoms with Crippen LogP contribution in [0.3, 0.4) is 0 Å². The second kappa shape index (κ2) is 6.31. The zero-order valence-electron chi connectivity index (χ0n) is 12.5. The molecular formula is C15H20O8. The zero-order chi connectivity index (χ0) is 16.7. The lowest BCUT2D eigenvalue weighted by atomic mass is 9.89. The SMILES string of the molecule is CC1=CC(=O)C2C=COC(OC3OC(CO)C(O)C(O)C3O)C12. The Morgan fingerprint density at radius 3 is 2.61 bits per heavy atom. The highest BCUT2D eigenvalue weighted by Crippen LogP contribution is 2.38. The molecule has 8 heteroatoms. The average Bonchev–Trinajstić information content (AvgIpc) is 2.83. The van der Waals surface area contributed by atoms with Gasteiger partial charge in [-0.15, -0.1) is 0 Å². The molecule has 23 heavy (non-hydrogen) atoms. The monoisotopic (exact) mass is 328 g/mol. The molecule has 2 heterocycles. The number of hydrogen-bond donors (Lipinski definition) is 4. The van der Waals surface area contributed by atoms with Crippen molar-refractivity contribution in [3.63, 3.8) is 0 Å². The van der Waals surface area contributed by atoms with Gasteiger partial charge in [0.25, 0.3) is 0 Å². The van der Waals surface area contributed by atoms with E-state index in [2.05, 4.69) is 0 Å². The minimum atomic E-state index is -1.53. The van der Waals surface area contributed by atoms with Gasteiger partial charge in [-0.3, -0.25) is 4.79 Å². The maximum absolute atomic E-state index is 11.9. The van der Waals surface area contributed by atoms with Crippen molar-refractivity contribution in [1.82, 2.24) is 0 Å². The number of hydrogen-bond acceptors (Lipinski definition) is 8. The summed E-state index contributed by atoms with van der Waals surface area (Å²) in [6.07, 6.45) is -3.20. The highest BCUT2D eigenvalue weighted by Gasteiger charge is 2.48. The molecule has 0 amide bonds. The molecule has 128 valence electrons. The number of allylic oxidation sites excluding steroid dienone is 2. The smallest absolute Gasteiger partial charge is 0.209 e. The third-order valence-electron chi connectivity index (χ3n) is 4.52. The van der Waals surface area contributed by atoms with Gasteiger partial charge in [0, 0.05) is 0 Å². The maximum atomic E-state index is 11.9. The quantitative estimate of drug-likeness (QED) is 0.490. The van der Waals surface area contributed by atoms with E-state index in [-0.39, 0.29) is 11.7 Å². The molecule has 8 unspecified atom stereocenters. The van der Waals surface area contributed by atoms with E-state index in [1.165, 1.54) is 12.3 Å². The van der Waals surface area contributed by atoms with E-state index in [4.69, 9.17) is 14.2 Å². The van der Waals surface area contributed by atoms with Crippen LogP contribution in [0.15, 0.2) is 24.0 Å². The van der Waals surface area contributed by atoms with E-state index in [9.17, 15) is 25.2 Å². The Morgan fingerprint density at radius 2 is 1.91 bits per heavy atom. The van der Waals surface area contributed by atoms with E-state index in [1.807, 2.05) is 0 Å². The van der Waals surface area contributed by atoms with Crippen molar-refractivity contribution in [3.8, 4) is 0 Å². The summed E-state index contributed by atoms with van der Waals surface area (Å²) in [5.74, 6) is -0.784. The van der Waals surface area contributed by atoms with Gasteiger partial charge >= 0.3 is 0 Å². The Labute approximate surface area is 132 Å². The van der Waals surface area contributed by atoms with Crippen molar-refractivity contribution in [3.05, 3.63) is 24.0 Å². The third-order valence-corrected chi connectivity index (χ3v) is 4.52. The first-order valence-corrected chi connectivity index (χ1v) is 7.44. The largest absolute Gasteiger partial charge is 0.472 e. The Kier molecular flexibility index (Phi) is 4.54. The summed E-state index contributed by atoms with van der Waals surface area (Å²) in [6.45, 7) is 1.24. The highest BCUT2D eigenvalue weighted by molar-refractivity contribution is 5.97. The second-order valence-corrected chi connectivity index (χ2v) is 6.01. The number of carbonyl (C=O) groups excluding carboxylic acids is 1. The summed E-state index contributed by atoms with van der Waals surface area (Å²) in [5.41, 5.74) is 0.791. The third kappa shape index (κ3) is 2.82. The van der Waals surface area contributed by atoms with Crippen LogP contribution in [0.5, 0.6) is 0 Å². The Morgan fingerprint density at radius 1 is 1.17 bits per heavy atom. The van der Waals surface area contributed by atoms with Gasteiger partial charge in [-0.2, -0.15) is 0 Å². The van der Waals surface area contributed by atoms with Crippen LogP contribution < -0.4 is 0 Å². The molecule has 3 rings (SSSR count). The molecule has 1 fully saturated rings. The molecule has 0 spiro atoms. The molecule has 0 bridgehead atoms. The fourth-order valence-electron chi connectivity index (χ4n) is 3.20. The van der Waals surface area contributed by atoms with Crippen molar-refractivity contribution in [1.29, 1.82) is 0 Å². The van der Waals surface area contributed by atoms with Gasteiger partial charge in [0.05, 0.1) is 24.7 Å². The molecule has 1 aliphatic carbocycles. The van der Waals surface area contributed by atoms with Crippen LogP contribution in [0.25, 0.3) is 0 Å². The Balaban J connectivity index is 1.75. The molecule has 0 aromatic rings. The molecule has 8 nitrogen and oxygen atoms in total. The van der Waals surface area contributed by atoms with Gasteiger partial charge in [0.15, 0.2) is 12.1 Å². The number of ketones is 1. The predicted octanol–water partition coefficient (Wildman–Crippen LogP) is -1.57. The molecule has 0 aromatic heterocycles. The Hall–Kier alpha value is -1.29. The molecule has 8 atom stereocenters. The number of ether oxygens (including phenoxy) is 3. The van der Waals surface area contributed by atoms with Gasteiger partial charge < -0.3 is 34.6 Å². The summed E-state index contributed by atoms with van der Waals surface area (Å²) in [6, 6.07) is 0. The lowest BCUT2D eigenvalue weighted by molar-refractivity contribution is -0.338. The van der Waals surface area contributed by atoms with Crippen LogP contribution in [0.4, 0.5) is 0 Å². The van der Waals surface area contributed by atoms with Gasteiger partial charge in [0.2, 0.25) is 6.29 Å². The van der Waals surface area contributed by atoms with Crippen molar-refractivity contribution in [2.45, 2.75) is 43.9 Å². The van der Waals surface area contributed by atoms with E-state index in [0.717, 1.165) is 5.57 Å². The number of aliphatic hydroxyl groups excluding tert-OH is 4. The molecule has 4 N–H and O–H groups in total. The van der Waals surface area contributed by atoms with Crippen LogP contribution in [0.1, 0.15) is 6.92 Å². The van der Waals surface area contributed by atoms with E-state index in [1.54, 1.807) is 13.0 Å². The topological polar surface area (TPSA) is 126 Å². The molecule has 2 aliphatic heterocycles. The van der Waals surface area contributed by atoms with Crippen LogP contribution in [-0.4, -0.2) is 69.8 Å². The second-order valence-electron chi connectivity index (χ2n) is 6.01. The first kappa shape index (κ1) is 16.6. The fraction of sp³-hybridized carbons (Fsp3) is 0.667. The standard InChI is InChI=1S/C15H20O8/c1-6-4-8(17)7-2-3-21-14(10(6)7)23-15-13(20)12(19)11(18)9(5-16)22-15/h2-4,7,9-16,18-20H,5H2,1H3. The molecule has 0 saturated carbocycles. The molecule has 0 radical (unpaired) electrons. The molecule has 3 aliphatic rings. The maximum Gasteiger partial charge on any atom is 0.209 e. The zero-order valence-corrected chi connectivity index (χ0v) is 12.5. The number of aliphatic hydroxyl groups is 4.